The second-order valence-corrected chi connectivity index (χ2v) is 19.7. The Labute approximate surface area is 462 Å². The summed E-state index contributed by atoms with van der Waals surface area (Å²) in [5.41, 5.74) is 3.63. The number of unbranched alkanes of at least 4 members (excludes halogenated alkanes) is 1. The highest BCUT2D eigenvalue weighted by molar-refractivity contribution is 8.00. The van der Waals surface area contributed by atoms with Crippen molar-refractivity contribution in [1.29, 1.82) is 0 Å². The Balaban J connectivity index is 0.654. The van der Waals surface area contributed by atoms with Crippen molar-refractivity contribution in [3.8, 4) is 11.1 Å². The van der Waals surface area contributed by atoms with Crippen LogP contribution in [0.2, 0.25) is 0 Å². The summed E-state index contributed by atoms with van der Waals surface area (Å²) in [4.78, 5) is 63.3. The van der Waals surface area contributed by atoms with Gasteiger partial charge in [-0.3, -0.25) is 19.2 Å². The van der Waals surface area contributed by atoms with E-state index in [0.29, 0.717) is 213 Å². The van der Waals surface area contributed by atoms with Crippen molar-refractivity contribution in [2.45, 2.75) is 69.2 Å². The third-order valence-corrected chi connectivity index (χ3v) is 14.0. The SMILES string of the molecule is CC(=O)c1cc(=O)c2cc(-c3ccc(CCC(=O)CCOCCOCCOCCOCCOCCOCCOCCOCCOCCOCCOCCOCCNC(=O)CCCC[C@@H]4SC[C@@H]5NC(=O)N[C@@H]54)cc3)ccc2[nH]1. The van der Waals surface area contributed by atoms with Crippen molar-refractivity contribution >= 4 is 46.2 Å². The molecule has 436 valence electrons. The molecule has 0 bridgehead atoms. The maximum absolute atomic E-state index is 12.6. The Hall–Kier alpha value is -4.40. The zero-order valence-corrected chi connectivity index (χ0v) is 46.4. The first-order valence-electron chi connectivity index (χ1n) is 27.4. The van der Waals surface area contributed by atoms with E-state index in [2.05, 4.69) is 20.9 Å². The molecule has 4 N–H and O–H groups in total. The van der Waals surface area contributed by atoms with Crippen LogP contribution in [-0.2, 0) is 72.9 Å². The average Bonchev–Trinajstić information content (AvgIpc) is 4.06. The van der Waals surface area contributed by atoms with Gasteiger partial charge in [-0.25, -0.2) is 4.79 Å². The number of nitrogens with one attached hydrogen (secondary N) is 4. The van der Waals surface area contributed by atoms with E-state index in [1.807, 2.05) is 54.2 Å². The smallest absolute Gasteiger partial charge is 0.315 e. The molecule has 22 heteroatoms. The Morgan fingerprint density at radius 3 is 1.51 bits per heavy atom. The first kappa shape index (κ1) is 64.4. The number of benzene rings is 2. The molecule has 3 amide bonds. The summed E-state index contributed by atoms with van der Waals surface area (Å²) < 4.78 is 66.4. The molecule has 21 nitrogen and oxygen atoms in total. The predicted molar refractivity (Wildman–Crippen MR) is 295 cm³/mol. The molecule has 0 spiro atoms. The lowest BCUT2D eigenvalue weighted by Crippen LogP contribution is -2.36. The van der Waals surface area contributed by atoms with Gasteiger partial charge < -0.3 is 77.8 Å². The number of hydrogen-bond donors (Lipinski definition) is 4. The summed E-state index contributed by atoms with van der Waals surface area (Å²) in [5, 5.41) is 9.81. The van der Waals surface area contributed by atoms with Gasteiger partial charge in [0.1, 0.15) is 5.78 Å². The zero-order chi connectivity index (χ0) is 55.1. The van der Waals surface area contributed by atoms with E-state index in [1.54, 1.807) is 0 Å². The van der Waals surface area contributed by atoms with Crippen LogP contribution in [0.1, 0.15) is 61.5 Å². The lowest BCUT2D eigenvalue weighted by atomic mass is 9.99. The van der Waals surface area contributed by atoms with Gasteiger partial charge in [0.15, 0.2) is 11.2 Å². The first-order valence-corrected chi connectivity index (χ1v) is 28.5. The fourth-order valence-electron chi connectivity index (χ4n) is 8.22. The molecular formula is C56H84N4O17S. The summed E-state index contributed by atoms with van der Waals surface area (Å²) in [6, 6.07) is 15.2. The Bertz CT molecular complexity index is 2200. The minimum atomic E-state index is -0.197. The molecule has 2 fully saturated rings. The van der Waals surface area contributed by atoms with Crippen LogP contribution in [0.25, 0.3) is 22.0 Å². The molecule has 1 aromatic heterocycles. The second-order valence-electron chi connectivity index (χ2n) is 18.4. The van der Waals surface area contributed by atoms with Crippen molar-refractivity contribution in [1.82, 2.24) is 20.9 Å². The number of hydrogen-bond acceptors (Lipinski definition) is 18. The number of aryl methyl sites for hydroxylation is 1. The van der Waals surface area contributed by atoms with Gasteiger partial charge in [-0.05, 0) is 48.1 Å². The van der Waals surface area contributed by atoms with E-state index < -0.39 is 0 Å². The van der Waals surface area contributed by atoms with Crippen LogP contribution in [-0.4, -0.2) is 217 Å². The molecule has 0 saturated carbocycles. The fraction of sp³-hybridized carbons (Fsp3) is 0.661. The van der Waals surface area contributed by atoms with E-state index in [1.165, 1.54) is 13.0 Å². The molecule has 3 aromatic rings. The highest BCUT2D eigenvalue weighted by atomic mass is 32.2. The molecule has 0 unspecified atom stereocenters. The lowest BCUT2D eigenvalue weighted by molar-refractivity contribution is -0.121. The van der Waals surface area contributed by atoms with E-state index in [-0.39, 0.29) is 41.0 Å². The van der Waals surface area contributed by atoms with Crippen LogP contribution in [0.15, 0.2) is 53.3 Å². The number of urea groups is 1. The van der Waals surface area contributed by atoms with Crippen LogP contribution >= 0.6 is 11.8 Å². The summed E-state index contributed by atoms with van der Waals surface area (Å²) in [6.45, 7) is 12.8. The number of H-pyrrole nitrogens is 1. The van der Waals surface area contributed by atoms with Crippen LogP contribution in [0.4, 0.5) is 4.79 Å². The van der Waals surface area contributed by atoms with Gasteiger partial charge in [0.2, 0.25) is 5.91 Å². The summed E-state index contributed by atoms with van der Waals surface area (Å²) >= 11 is 1.90. The van der Waals surface area contributed by atoms with Crippen molar-refractivity contribution in [2.24, 2.45) is 0 Å². The van der Waals surface area contributed by atoms with Crippen molar-refractivity contribution in [2.75, 3.05) is 171 Å². The maximum Gasteiger partial charge on any atom is 0.315 e. The van der Waals surface area contributed by atoms with E-state index in [0.717, 1.165) is 41.7 Å². The lowest BCUT2D eigenvalue weighted by Gasteiger charge is -2.16. The van der Waals surface area contributed by atoms with Gasteiger partial charge in [-0.2, -0.15) is 11.8 Å². The number of pyridine rings is 1. The van der Waals surface area contributed by atoms with Gasteiger partial charge in [0, 0.05) is 60.7 Å². The number of amides is 3. The van der Waals surface area contributed by atoms with E-state index in [9.17, 15) is 24.0 Å². The number of carbonyl (C=O) groups is 4. The minimum absolute atomic E-state index is 0.0356. The van der Waals surface area contributed by atoms with E-state index >= 15 is 0 Å². The molecule has 2 aliphatic heterocycles. The minimum Gasteiger partial charge on any atom is -0.379 e. The highest BCUT2D eigenvalue weighted by Gasteiger charge is 2.42. The molecule has 2 aliphatic rings. The number of Topliss-reactive ketones (excluding diaryl/α,β-unsaturated/α-hetero) is 2. The third kappa shape index (κ3) is 27.7. The molecule has 3 heterocycles. The fourth-order valence-corrected chi connectivity index (χ4v) is 9.76. The summed E-state index contributed by atoms with van der Waals surface area (Å²) in [7, 11) is 0. The standard InChI is InChI=1S/C56H84N4O17S/c1-43(61)50-41-52(63)48-40-46(11-13-49(48)58-50)45-9-6-44(7-10-45)8-12-47(62)14-16-66-18-20-68-22-24-70-26-28-72-30-32-74-34-36-76-38-39-77-37-35-75-33-31-73-29-27-71-25-23-69-21-19-67-17-15-57-54(64)5-3-2-4-53-55-51(42-78-53)59-56(65)60-55/h6-7,9-11,13,40-41,51,53,55H,2-5,8,12,14-39,42H2,1H3,(H,57,64)(H,58,63)(H2,59,60,65)/t51-,53-,55-/m0/s1. The number of ether oxygens (including phenoxy) is 12. The number of fused-ring (bicyclic) bond motifs is 2. The van der Waals surface area contributed by atoms with Gasteiger partial charge in [-0.1, -0.05) is 36.8 Å². The number of aromatic amines is 1. The first-order chi connectivity index (χ1) is 38.3. The van der Waals surface area contributed by atoms with Gasteiger partial charge in [0.05, 0.1) is 176 Å². The number of thioether (sulfide) groups is 1. The average molecular weight is 1120 g/mol. The molecule has 3 atom stereocenters. The number of rotatable bonds is 49. The molecule has 2 aromatic carbocycles. The molecule has 5 rings (SSSR count). The largest absolute Gasteiger partial charge is 0.379 e. The van der Waals surface area contributed by atoms with Crippen molar-refractivity contribution in [3.05, 3.63) is 70.0 Å². The van der Waals surface area contributed by atoms with Crippen LogP contribution in [0.3, 0.4) is 0 Å². The molecule has 78 heavy (non-hydrogen) atoms. The van der Waals surface area contributed by atoms with Crippen LogP contribution < -0.4 is 21.4 Å². The predicted octanol–water partition coefficient (Wildman–Crippen LogP) is 4.33. The Morgan fingerprint density at radius 2 is 1.01 bits per heavy atom. The van der Waals surface area contributed by atoms with E-state index in [4.69, 9.17) is 56.8 Å². The summed E-state index contributed by atoms with van der Waals surface area (Å²) in [6.07, 6.45) is 4.72. The van der Waals surface area contributed by atoms with Gasteiger partial charge >= 0.3 is 6.03 Å². The summed E-state index contributed by atoms with van der Waals surface area (Å²) in [5.74, 6) is 0.940. The molecular weight excluding hydrogens is 1030 g/mol. The monoisotopic (exact) mass is 1120 g/mol. The van der Waals surface area contributed by atoms with Gasteiger partial charge in [-0.15, -0.1) is 0 Å². The number of carbonyl (C=O) groups excluding carboxylic acids is 4. The van der Waals surface area contributed by atoms with Crippen LogP contribution in [0, 0.1) is 0 Å². The molecule has 0 aliphatic carbocycles. The number of aromatic nitrogens is 1. The Kier molecular flexibility index (Phi) is 33.6. The normalized spacial score (nSPS) is 15.9. The highest BCUT2D eigenvalue weighted by Crippen LogP contribution is 2.33. The maximum atomic E-state index is 12.6. The zero-order valence-electron chi connectivity index (χ0n) is 45.5. The second kappa shape index (κ2) is 40.7. The topological polar surface area (TPSA) is 248 Å². The third-order valence-electron chi connectivity index (χ3n) is 12.5. The number of ketones is 2. The van der Waals surface area contributed by atoms with Crippen molar-refractivity contribution in [3.63, 3.8) is 0 Å². The molecule has 0 radical (unpaired) electrons. The Morgan fingerprint density at radius 1 is 0.538 bits per heavy atom. The quantitative estimate of drug-likeness (QED) is 0.0349. The van der Waals surface area contributed by atoms with Crippen LogP contribution in [0.5, 0.6) is 0 Å². The van der Waals surface area contributed by atoms with Crippen molar-refractivity contribution < 1.29 is 76.0 Å². The molecule has 2 saturated heterocycles. The van der Waals surface area contributed by atoms with Gasteiger partial charge in [0.25, 0.3) is 0 Å².